The normalized spacial score (nSPS) is 36.0. The number of carbonyl (C=O) groups excluding carboxylic acids is 4. The number of rotatable bonds is 0. The van der Waals surface area contributed by atoms with Gasteiger partial charge < -0.3 is 19.3 Å². The molecule has 0 aliphatic carbocycles. The maximum Gasteiger partial charge on any atom is 0.432 e. The number of aliphatic hydroxyl groups is 1. The van der Waals surface area contributed by atoms with E-state index in [0.717, 1.165) is 12.3 Å². The fourth-order valence-electron chi connectivity index (χ4n) is 1.99. The van der Waals surface area contributed by atoms with Gasteiger partial charge in [0.25, 0.3) is 0 Å². The molecule has 0 saturated carbocycles. The first-order valence-corrected chi connectivity index (χ1v) is 5.53. The van der Waals surface area contributed by atoms with E-state index in [-0.39, 0.29) is 0 Å². The van der Waals surface area contributed by atoms with E-state index < -0.39 is 53.8 Å². The van der Waals surface area contributed by atoms with Crippen LogP contribution in [0.5, 0.6) is 0 Å². The SMILES string of the molecule is O=C1CC2(O)CC(=O)OC3(N=CC=C(O1)C3=O)OC2=O. The van der Waals surface area contributed by atoms with Gasteiger partial charge in [-0.3, -0.25) is 14.4 Å². The summed E-state index contributed by atoms with van der Waals surface area (Å²) in [5, 5.41) is 10.1. The monoisotopic (exact) mass is 281 g/mol. The molecule has 2 fully saturated rings. The summed E-state index contributed by atoms with van der Waals surface area (Å²) in [4.78, 5) is 50.8. The van der Waals surface area contributed by atoms with Crippen molar-refractivity contribution < 1.29 is 38.5 Å². The van der Waals surface area contributed by atoms with Crippen molar-refractivity contribution in [1.29, 1.82) is 0 Å². The molecule has 3 bridgehead atoms. The Morgan fingerprint density at radius 3 is 2.55 bits per heavy atom. The van der Waals surface area contributed by atoms with Crippen molar-refractivity contribution in [1.82, 2.24) is 0 Å². The highest BCUT2D eigenvalue weighted by Gasteiger charge is 2.59. The minimum atomic E-state index is -2.58. The number of ether oxygens (including phenoxy) is 3. The highest BCUT2D eigenvalue weighted by atomic mass is 16.8. The van der Waals surface area contributed by atoms with Crippen molar-refractivity contribution in [3.05, 3.63) is 11.8 Å². The van der Waals surface area contributed by atoms with E-state index in [1.165, 1.54) is 0 Å². The largest absolute Gasteiger partial charge is 0.432 e. The van der Waals surface area contributed by atoms with Crippen molar-refractivity contribution >= 4 is 29.9 Å². The average Bonchev–Trinajstić information content (AvgIpc) is 2.40. The van der Waals surface area contributed by atoms with Gasteiger partial charge in [0, 0.05) is 12.3 Å². The molecule has 0 radical (unpaired) electrons. The van der Waals surface area contributed by atoms with Gasteiger partial charge in [-0.15, -0.1) is 0 Å². The van der Waals surface area contributed by atoms with Crippen LogP contribution in [0, 0.1) is 0 Å². The Labute approximate surface area is 110 Å². The number of dihydropyridines is 1. The summed E-state index contributed by atoms with van der Waals surface area (Å²) >= 11 is 0. The molecule has 0 aromatic rings. The molecule has 2 atom stereocenters. The number of hydrogen-bond donors (Lipinski definition) is 1. The van der Waals surface area contributed by atoms with Gasteiger partial charge in [-0.05, 0) is 0 Å². The van der Waals surface area contributed by atoms with Crippen molar-refractivity contribution in [3.8, 4) is 0 Å². The van der Waals surface area contributed by atoms with Crippen LogP contribution < -0.4 is 0 Å². The quantitative estimate of drug-likeness (QED) is 0.523. The number of aliphatic imine (C=N–C) groups is 1. The number of hydrogen-bond acceptors (Lipinski definition) is 9. The summed E-state index contributed by atoms with van der Waals surface area (Å²) in [6.07, 6.45) is 0.374. The molecular weight excluding hydrogens is 274 g/mol. The van der Waals surface area contributed by atoms with E-state index in [1.807, 2.05) is 0 Å². The van der Waals surface area contributed by atoms with Gasteiger partial charge in [-0.25, -0.2) is 9.79 Å². The van der Waals surface area contributed by atoms with E-state index in [4.69, 9.17) is 14.2 Å². The summed E-state index contributed by atoms with van der Waals surface area (Å²) in [7, 11) is 0. The molecule has 2 saturated heterocycles. The molecule has 20 heavy (non-hydrogen) atoms. The molecule has 0 amide bonds. The maximum absolute atomic E-state index is 12.1. The molecule has 1 N–H and O–H groups in total. The zero-order valence-electron chi connectivity index (χ0n) is 9.82. The number of nitrogens with zero attached hydrogens (tertiary/aromatic N) is 1. The third kappa shape index (κ3) is 1.63. The second-order valence-electron chi connectivity index (χ2n) is 4.44. The zero-order valence-corrected chi connectivity index (χ0v) is 9.82. The zero-order chi connectivity index (χ0) is 14.5. The third-order valence-corrected chi connectivity index (χ3v) is 2.94. The topological polar surface area (TPSA) is 129 Å². The molecule has 3 aliphatic heterocycles. The van der Waals surface area contributed by atoms with Crippen molar-refractivity contribution in [3.63, 3.8) is 0 Å². The van der Waals surface area contributed by atoms with Crippen LogP contribution in [-0.2, 0) is 33.4 Å². The molecular formula is C11H7NO8. The number of carbonyl (C=O) groups is 4. The molecule has 3 rings (SSSR count). The Morgan fingerprint density at radius 2 is 1.80 bits per heavy atom. The Bertz CT molecular complexity index is 620. The van der Waals surface area contributed by atoms with Crippen LogP contribution in [0.25, 0.3) is 0 Å². The molecule has 104 valence electrons. The Kier molecular flexibility index (Phi) is 2.33. The number of fused-ring (bicyclic) bond motifs is 3. The van der Waals surface area contributed by atoms with Gasteiger partial charge in [0.2, 0.25) is 0 Å². The predicted octanol–water partition coefficient (Wildman–Crippen LogP) is -1.65. The van der Waals surface area contributed by atoms with Crippen LogP contribution in [0.4, 0.5) is 0 Å². The van der Waals surface area contributed by atoms with E-state index in [9.17, 15) is 24.3 Å². The number of Topliss-reactive ketones (excluding diaryl/α,β-unsaturated/α-hetero) is 1. The second-order valence-corrected chi connectivity index (χ2v) is 4.44. The van der Waals surface area contributed by atoms with Crippen LogP contribution >= 0.6 is 0 Å². The van der Waals surface area contributed by atoms with Gasteiger partial charge in [0.1, 0.15) is 0 Å². The Morgan fingerprint density at radius 1 is 1.10 bits per heavy atom. The molecule has 0 aromatic carbocycles. The molecule has 0 aromatic heterocycles. The summed E-state index contributed by atoms with van der Waals surface area (Å²) in [6.45, 7) is 0. The molecule has 3 aliphatic rings. The molecule has 9 nitrogen and oxygen atoms in total. The highest BCUT2D eigenvalue weighted by Crippen LogP contribution is 2.35. The van der Waals surface area contributed by atoms with Crippen molar-refractivity contribution in [2.75, 3.05) is 0 Å². The Hall–Kier alpha value is -2.55. The Balaban J connectivity index is 2.20. The first-order valence-electron chi connectivity index (χ1n) is 5.53. The fourth-order valence-corrected chi connectivity index (χ4v) is 1.99. The fraction of sp³-hybridized carbons (Fsp3) is 0.364. The van der Waals surface area contributed by atoms with Gasteiger partial charge in [-0.2, -0.15) is 0 Å². The minimum Gasteiger partial charge on any atom is -0.422 e. The van der Waals surface area contributed by atoms with Crippen molar-refractivity contribution in [2.45, 2.75) is 24.4 Å². The van der Waals surface area contributed by atoms with E-state index in [0.29, 0.717) is 0 Å². The standard InChI is InChI=1S/C11H7NO8/c13-6-3-10(17)4-7(14)19-11(20-9(10)16)8(15)5(18-6)1-2-12-11/h1-2,17H,3-4H2. The average molecular weight is 281 g/mol. The lowest BCUT2D eigenvalue weighted by Gasteiger charge is -2.26. The molecule has 9 heteroatoms. The lowest BCUT2D eigenvalue weighted by atomic mass is 9.96. The van der Waals surface area contributed by atoms with E-state index in [2.05, 4.69) is 4.99 Å². The van der Waals surface area contributed by atoms with Crippen LogP contribution in [0.3, 0.4) is 0 Å². The third-order valence-electron chi connectivity index (χ3n) is 2.94. The van der Waals surface area contributed by atoms with Crippen LogP contribution in [-0.4, -0.2) is 46.5 Å². The maximum atomic E-state index is 12.1. The van der Waals surface area contributed by atoms with Crippen LogP contribution in [0.15, 0.2) is 16.8 Å². The van der Waals surface area contributed by atoms with E-state index >= 15 is 0 Å². The first kappa shape index (κ1) is 12.5. The van der Waals surface area contributed by atoms with Gasteiger partial charge in [0.15, 0.2) is 11.4 Å². The summed E-state index contributed by atoms with van der Waals surface area (Å²) in [5.41, 5.74) is -2.45. The second kappa shape index (κ2) is 3.73. The van der Waals surface area contributed by atoms with E-state index in [1.54, 1.807) is 0 Å². The van der Waals surface area contributed by atoms with Gasteiger partial charge in [-0.1, -0.05) is 0 Å². The minimum absolute atomic E-state index is 0.489. The molecule has 3 heterocycles. The first-order chi connectivity index (χ1) is 9.35. The predicted molar refractivity (Wildman–Crippen MR) is 56.8 cm³/mol. The smallest absolute Gasteiger partial charge is 0.422 e. The van der Waals surface area contributed by atoms with Crippen LogP contribution in [0.2, 0.25) is 0 Å². The lowest BCUT2D eigenvalue weighted by Crippen LogP contribution is -2.48. The van der Waals surface area contributed by atoms with Crippen molar-refractivity contribution in [2.24, 2.45) is 4.99 Å². The highest BCUT2D eigenvalue weighted by molar-refractivity contribution is 6.09. The summed E-state index contributed by atoms with van der Waals surface area (Å²) < 4.78 is 14.2. The van der Waals surface area contributed by atoms with Gasteiger partial charge >= 0.3 is 29.6 Å². The van der Waals surface area contributed by atoms with Crippen LogP contribution in [0.1, 0.15) is 12.8 Å². The molecule has 2 unspecified atom stereocenters. The number of ketones is 1. The number of allylic oxidation sites excluding steroid dienone is 1. The lowest BCUT2D eigenvalue weighted by molar-refractivity contribution is -0.220. The number of esters is 3. The molecule has 1 spiro atoms. The summed E-state index contributed by atoms with van der Waals surface area (Å²) in [6, 6.07) is 0. The summed E-state index contributed by atoms with van der Waals surface area (Å²) in [5.74, 6) is -7.68. The van der Waals surface area contributed by atoms with Gasteiger partial charge in [0.05, 0.1) is 12.8 Å².